The summed E-state index contributed by atoms with van der Waals surface area (Å²) in [4.78, 5) is 14.7. The number of carbonyl (C=O) groups is 1. The van der Waals surface area contributed by atoms with Crippen molar-refractivity contribution in [3.05, 3.63) is 0 Å². The fraction of sp³-hybridized carbons (Fsp3) is 0.938. The summed E-state index contributed by atoms with van der Waals surface area (Å²) in [7, 11) is 0. The van der Waals surface area contributed by atoms with E-state index >= 15 is 0 Å². The maximum atomic E-state index is 12.6. The molecule has 110 valence electrons. The van der Waals surface area contributed by atoms with Crippen LogP contribution in [0, 0.1) is 5.92 Å². The molecule has 1 N–H and O–H groups in total. The van der Waals surface area contributed by atoms with E-state index in [-0.39, 0.29) is 12.2 Å². The Morgan fingerprint density at radius 3 is 2.79 bits per heavy atom. The lowest BCUT2D eigenvalue weighted by Gasteiger charge is -2.37. The van der Waals surface area contributed by atoms with Crippen LogP contribution in [-0.4, -0.2) is 29.1 Å². The maximum absolute atomic E-state index is 12.6. The van der Waals surface area contributed by atoms with Crippen LogP contribution in [0.15, 0.2) is 0 Å². The number of nitrogens with zero attached hydrogens (tertiary/aromatic N) is 1. The van der Waals surface area contributed by atoms with Gasteiger partial charge in [0.2, 0.25) is 5.91 Å². The molecule has 0 radical (unpaired) electrons. The minimum absolute atomic E-state index is 0.0805. The van der Waals surface area contributed by atoms with Crippen LogP contribution in [0.1, 0.15) is 72.1 Å². The first-order valence-corrected chi connectivity index (χ1v) is 8.25. The molecule has 4 atom stereocenters. The third-order valence-corrected chi connectivity index (χ3v) is 4.98. The molecule has 0 aromatic heterocycles. The van der Waals surface area contributed by atoms with Crippen molar-refractivity contribution in [2.24, 2.45) is 5.92 Å². The molecular weight excluding hydrogens is 236 g/mol. The van der Waals surface area contributed by atoms with Crippen LogP contribution >= 0.6 is 0 Å². The van der Waals surface area contributed by atoms with Gasteiger partial charge in [-0.15, -0.1) is 0 Å². The van der Waals surface area contributed by atoms with Gasteiger partial charge in [-0.3, -0.25) is 10.1 Å². The van der Waals surface area contributed by atoms with E-state index in [1.165, 1.54) is 38.5 Å². The Morgan fingerprint density at radius 1 is 1.32 bits per heavy atom. The molecule has 2 aliphatic rings. The second-order valence-corrected chi connectivity index (χ2v) is 6.38. The summed E-state index contributed by atoms with van der Waals surface area (Å²) < 4.78 is 0. The van der Waals surface area contributed by atoms with Gasteiger partial charge in [-0.05, 0) is 32.1 Å². The molecule has 0 spiro atoms. The largest absolute Gasteiger partial charge is 0.323 e. The van der Waals surface area contributed by atoms with E-state index in [1.54, 1.807) is 0 Å². The van der Waals surface area contributed by atoms with E-state index in [0.29, 0.717) is 11.9 Å². The van der Waals surface area contributed by atoms with Gasteiger partial charge in [0, 0.05) is 6.04 Å². The zero-order valence-electron chi connectivity index (χ0n) is 12.8. The standard InChI is InChI=1S/C16H30N2O/c1-4-6-10-15-16(19)18(12(3)17-15)14-9-7-8-13(5-2)11-14/h12-15,17H,4-11H2,1-3H3. The second kappa shape index (κ2) is 6.74. The molecule has 3 heteroatoms. The number of carbonyl (C=O) groups excluding carboxylic acids is 1. The minimum atomic E-state index is 0.0805. The molecule has 1 heterocycles. The molecule has 4 unspecified atom stereocenters. The Labute approximate surface area is 118 Å². The molecule has 2 rings (SSSR count). The first-order valence-electron chi connectivity index (χ1n) is 8.25. The molecule has 0 bridgehead atoms. The van der Waals surface area contributed by atoms with Crippen molar-refractivity contribution < 1.29 is 4.79 Å². The molecule has 1 aliphatic heterocycles. The summed E-state index contributed by atoms with van der Waals surface area (Å²) in [5.41, 5.74) is 0. The van der Waals surface area contributed by atoms with Crippen LogP contribution in [0.5, 0.6) is 0 Å². The first kappa shape index (κ1) is 14.8. The lowest BCUT2D eigenvalue weighted by molar-refractivity contribution is -0.133. The number of rotatable bonds is 5. The SMILES string of the molecule is CCCCC1NC(C)N(C2CCCC(CC)C2)C1=O. The maximum Gasteiger partial charge on any atom is 0.241 e. The Morgan fingerprint density at radius 2 is 2.11 bits per heavy atom. The minimum Gasteiger partial charge on any atom is -0.323 e. The summed E-state index contributed by atoms with van der Waals surface area (Å²) in [6, 6.07) is 0.567. The van der Waals surface area contributed by atoms with Crippen molar-refractivity contribution in [3.63, 3.8) is 0 Å². The quantitative estimate of drug-likeness (QED) is 0.828. The molecule has 19 heavy (non-hydrogen) atoms. The van der Waals surface area contributed by atoms with Crippen LogP contribution in [-0.2, 0) is 4.79 Å². The molecule has 0 aromatic carbocycles. The van der Waals surface area contributed by atoms with Crippen molar-refractivity contribution in [1.29, 1.82) is 0 Å². The third kappa shape index (κ3) is 3.31. The van der Waals surface area contributed by atoms with Gasteiger partial charge < -0.3 is 4.90 Å². The highest BCUT2D eigenvalue weighted by Crippen LogP contribution is 2.32. The van der Waals surface area contributed by atoms with E-state index in [1.807, 2.05) is 0 Å². The van der Waals surface area contributed by atoms with Gasteiger partial charge in [0.15, 0.2) is 0 Å². The smallest absolute Gasteiger partial charge is 0.241 e. The second-order valence-electron chi connectivity index (χ2n) is 6.38. The highest BCUT2D eigenvalue weighted by atomic mass is 16.2. The fourth-order valence-corrected chi connectivity index (χ4v) is 3.81. The van der Waals surface area contributed by atoms with Gasteiger partial charge >= 0.3 is 0 Å². The van der Waals surface area contributed by atoms with E-state index in [0.717, 1.165) is 18.8 Å². The Bertz CT molecular complexity index is 305. The highest BCUT2D eigenvalue weighted by Gasteiger charge is 2.40. The topological polar surface area (TPSA) is 32.3 Å². The Kier molecular flexibility index (Phi) is 5.26. The zero-order chi connectivity index (χ0) is 13.8. The first-order chi connectivity index (χ1) is 9.17. The molecule has 1 saturated heterocycles. The summed E-state index contributed by atoms with van der Waals surface area (Å²) in [5.74, 6) is 1.19. The lowest BCUT2D eigenvalue weighted by atomic mass is 9.83. The third-order valence-electron chi connectivity index (χ3n) is 4.98. The van der Waals surface area contributed by atoms with Gasteiger partial charge in [0.1, 0.15) is 0 Å². The highest BCUT2D eigenvalue weighted by molar-refractivity contribution is 5.84. The zero-order valence-corrected chi connectivity index (χ0v) is 12.8. The van der Waals surface area contributed by atoms with Crippen molar-refractivity contribution >= 4 is 5.91 Å². The summed E-state index contributed by atoms with van der Waals surface area (Å²) >= 11 is 0. The number of hydrogen-bond donors (Lipinski definition) is 1. The summed E-state index contributed by atoms with van der Waals surface area (Å²) in [6.45, 7) is 6.62. The molecular formula is C16H30N2O. The molecule has 1 saturated carbocycles. The van der Waals surface area contributed by atoms with Crippen molar-refractivity contribution in [3.8, 4) is 0 Å². The molecule has 2 fully saturated rings. The molecule has 1 amide bonds. The summed E-state index contributed by atoms with van der Waals surface area (Å²) in [5, 5.41) is 3.50. The van der Waals surface area contributed by atoms with E-state index in [9.17, 15) is 4.79 Å². The van der Waals surface area contributed by atoms with E-state index in [4.69, 9.17) is 0 Å². The van der Waals surface area contributed by atoms with Crippen LogP contribution in [0.4, 0.5) is 0 Å². The van der Waals surface area contributed by atoms with E-state index < -0.39 is 0 Å². The average molecular weight is 266 g/mol. The van der Waals surface area contributed by atoms with E-state index in [2.05, 4.69) is 31.0 Å². The average Bonchev–Trinajstić information content (AvgIpc) is 2.71. The molecule has 1 aliphatic carbocycles. The van der Waals surface area contributed by atoms with Crippen LogP contribution in [0.3, 0.4) is 0 Å². The van der Waals surface area contributed by atoms with Gasteiger partial charge in [-0.1, -0.05) is 46.0 Å². The lowest BCUT2D eigenvalue weighted by Crippen LogP contribution is -2.45. The van der Waals surface area contributed by atoms with Gasteiger partial charge in [-0.25, -0.2) is 0 Å². The van der Waals surface area contributed by atoms with Gasteiger partial charge in [0.25, 0.3) is 0 Å². The van der Waals surface area contributed by atoms with Gasteiger partial charge in [-0.2, -0.15) is 0 Å². The predicted molar refractivity (Wildman–Crippen MR) is 78.8 cm³/mol. The number of amides is 1. The van der Waals surface area contributed by atoms with Crippen molar-refractivity contribution in [2.45, 2.75) is 90.4 Å². The Balaban J connectivity index is 1.97. The molecule has 0 aromatic rings. The number of hydrogen-bond acceptors (Lipinski definition) is 2. The van der Waals surface area contributed by atoms with Crippen molar-refractivity contribution in [1.82, 2.24) is 10.2 Å². The molecule has 3 nitrogen and oxygen atoms in total. The van der Waals surface area contributed by atoms with Crippen LogP contribution in [0.2, 0.25) is 0 Å². The number of unbranched alkanes of at least 4 members (excludes halogenated alkanes) is 1. The van der Waals surface area contributed by atoms with Gasteiger partial charge in [0.05, 0.1) is 12.2 Å². The number of nitrogens with one attached hydrogen (secondary N) is 1. The fourth-order valence-electron chi connectivity index (χ4n) is 3.81. The van der Waals surface area contributed by atoms with Crippen molar-refractivity contribution in [2.75, 3.05) is 0 Å². The van der Waals surface area contributed by atoms with Crippen LogP contribution in [0.25, 0.3) is 0 Å². The predicted octanol–water partition coefficient (Wildman–Crippen LogP) is 3.29. The summed E-state index contributed by atoms with van der Waals surface area (Å²) in [6.07, 6.45) is 9.88. The Hall–Kier alpha value is -0.570. The van der Waals surface area contributed by atoms with Crippen LogP contribution < -0.4 is 5.32 Å². The normalized spacial score (nSPS) is 35.9. The monoisotopic (exact) mass is 266 g/mol.